The molecule has 0 spiro atoms. The summed E-state index contributed by atoms with van der Waals surface area (Å²) in [5.74, 6) is -5.15. The van der Waals surface area contributed by atoms with E-state index in [9.17, 15) is 150 Å². The van der Waals surface area contributed by atoms with Crippen molar-refractivity contribution < 1.29 is 207 Å². The van der Waals surface area contributed by atoms with Crippen LogP contribution in [0.25, 0.3) is 0 Å². The van der Waals surface area contributed by atoms with E-state index >= 15 is 0 Å². The summed E-state index contributed by atoms with van der Waals surface area (Å²) in [6.07, 6.45) is -29.8. The first-order valence-corrected chi connectivity index (χ1v) is 47.2. The maximum absolute atomic E-state index is 14.1. The third kappa shape index (κ3) is 58.1. The van der Waals surface area contributed by atoms with Crippen LogP contribution in [0.3, 0.4) is 0 Å². The minimum Gasteiger partial charge on any atom is -0.394 e. The number of hydrogen-bond acceptors (Lipinski definition) is 44. The van der Waals surface area contributed by atoms with E-state index in [0.717, 1.165) is 19.6 Å². The zero-order valence-electron chi connectivity index (χ0n) is 80.5. The Labute approximate surface area is 819 Å². The zero-order chi connectivity index (χ0) is 105. The number of imide groups is 1. The van der Waals surface area contributed by atoms with Crippen LogP contribution in [0.2, 0.25) is 0 Å². The van der Waals surface area contributed by atoms with Crippen molar-refractivity contribution in [1.82, 2.24) is 46.2 Å². The molecule has 1 aromatic rings. The fourth-order valence-electron chi connectivity index (χ4n) is 13.3. The van der Waals surface area contributed by atoms with Gasteiger partial charge in [-0.05, 0) is 55.7 Å². The van der Waals surface area contributed by atoms with E-state index in [1.54, 1.807) is 38.1 Å². The van der Waals surface area contributed by atoms with Crippen molar-refractivity contribution in [1.29, 1.82) is 0 Å². The number of benzene rings is 1. The fourth-order valence-corrected chi connectivity index (χ4v) is 13.3. The molecule has 29 N–H and O–H groups in total. The van der Waals surface area contributed by atoms with Crippen molar-refractivity contribution in [2.75, 3.05) is 262 Å². The van der Waals surface area contributed by atoms with E-state index in [-0.39, 0.29) is 144 Å². The molecule has 1 aromatic carbocycles. The van der Waals surface area contributed by atoms with E-state index in [1.807, 2.05) is 0 Å². The van der Waals surface area contributed by atoms with Gasteiger partial charge in [0.05, 0.1) is 222 Å². The van der Waals surface area contributed by atoms with Gasteiger partial charge >= 0.3 is 6.03 Å². The molecule has 0 radical (unpaired) electrons. The molecular formula is C88H159N11O42. The number of aliphatic hydroxyl groups is 21. The number of carbonyl (C=O) groups excluding carboxylic acids is 9. The molecule has 10 amide bonds. The molecule has 141 heavy (non-hydrogen) atoms. The Morgan fingerprint density at radius 3 is 1.05 bits per heavy atom. The Morgan fingerprint density at radius 1 is 0.355 bits per heavy atom. The Morgan fingerprint density at radius 2 is 0.702 bits per heavy atom. The SMILES string of the molecule is CC(C)[C@H](NC(=O)[C@H](CCC(=O)NCCOCCOCCOCCOCCOCCOCCOCCOCCOCCOCCOCCOCCC(=O)N(CCN(C[C@H](O)[C@@H](O)[C@H](O)[C@H](O)CO)C[C@H](O)[C@@H](O)[C@H](O)[C@H](O)CO)CCN(C[C@H](O)[C@@H](O)[C@H](O)[C@H](O)CO)C[C@H](O)[C@@H](O)[C@H](O)[C@H](O)CO)NC(=O)CCCCCN1C(=O)C=CC1=O)C(=O)N[C@@H](CCCNC(N)=O)C(=O)Nc1ccc(CO)cc1. The number of hydrogen-bond donors (Lipinski definition) is 28. The van der Waals surface area contributed by atoms with Crippen molar-refractivity contribution in [3.63, 3.8) is 0 Å². The first kappa shape index (κ1) is 130. The number of amides is 10. The van der Waals surface area contributed by atoms with Crippen molar-refractivity contribution >= 4 is 59.0 Å². The minimum absolute atomic E-state index is 0.0176. The summed E-state index contributed by atoms with van der Waals surface area (Å²) < 4.78 is 66.6. The highest BCUT2D eigenvalue weighted by Gasteiger charge is 2.39. The maximum atomic E-state index is 14.1. The lowest BCUT2D eigenvalue weighted by atomic mass is 10.0. The molecule has 0 unspecified atom stereocenters. The van der Waals surface area contributed by atoms with Gasteiger partial charge in [0, 0.05) is 103 Å². The molecule has 0 fully saturated rings. The number of nitrogens with one attached hydrogen (secondary N) is 6. The number of rotatable bonds is 91. The molecule has 1 aliphatic rings. The average Bonchev–Trinajstić information content (AvgIpc) is 1.13. The van der Waals surface area contributed by atoms with Crippen LogP contribution in [0, 0.1) is 5.92 Å². The van der Waals surface area contributed by atoms with Gasteiger partial charge in [0.1, 0.15) is 91.4 Å². The smallest absolute Gasteiger partial charge is 0.312 e. The van der Waals surface area contributed by atoms with Crippen LogP contribution < -0.4 is 37.6 Å². The molecule has 0 saturated heterocycles. The lowest BCUT2D eigenvalue weighted by Crippen LogP contribution is -2.58. The van der Waals surface area contributed by atoms with Crippen LogP contribution in [0.1, 0.15) is 77.2 Å². The van der Waals surface area contributed by atoms with Crippen molar-refractivity contribution in [3.05, 3.63) is 42.0 Å². The van der Waals surface area contributed by atoms with Crippen molar-refractivity contribution in [3.8, 4) is 0 Å². The average molecular weight is 2040 g/mol. The highest BCUT2D eigenvalue weighted by molar-refractivity contribution is 6.12. The van der Waals surface area contributed by atoms with Gasteiger partial charge in [-0.15, -0.1) is 0 Å². The third-order valence-electron chi connectivity index (χ3n) is 21.7. The van der Waals surface area contributed by atoms with E-state index < -0.39 is 254 Å². The van der Waals surface area contributed by atoms with Crippen LogP contribution in [0.4, 0.5) is 10.5 Å². The van der Waals surface area contributed by atoms with Crippen LogP contribution in [0.5, 0.6) is 0 Å². The Bertz CT molecular complexity index is 3370. The predicted octanol–water partition coefficient (Wildman–Crippen LogP) is -13.2. The molecule has 0 saturated carbocycles. The second-order valence-electron chi connectivity index (χ2n) is 33.2. The number of unbranched alkanes of at least 4 members (excludes halogenated alkanes) is 2. The largest absolute Gasteiger partial charge is 0.394 e. The summed E-state index contributed by atoms with van der Waals surface area (Å²) in [4.78, 5) is 122. The van der Waals surface area contributed by atoms with Crippen LogP contribution in [0.15, 0.2) is 36.4 Å². The lowest BCUT2D eigenvalue weighted by molar-refractivity contribution is -0.138. The fraction of sp³-hybridized carbons (Fsp3) is 0.807. The normalized spacial score (nSPS) is 16.5. The molecule has 19 atom stereocenters. The first-order valence-electron chi connectivity index (χ1n) is 47.2. The van der Waals surface area contributed by atoms with Gasteiger partial charge < -0.3 is 207 Å². The number of ether oxygens (including phenoxy) is 12. The Balaban J connectivity index is 1.67. The van der Waals surface area contributed by atoms with Gasteiger partial charge in [-0.2, -0.15) is 0 Å². The number of urea groups is 1. The lowest BCUT2D eigenvalue weighted by Gasteiger charge is -2.36. The molecule has 1 heterocycles. The van der Waals surface area contributed by atoms with Gasteiger partial charge in [-0.1, -0.05) is 32.4 Å². The molecule has 1 aliphatic heterocycles. The molecule has 53 heteroatoms. The second-order valence-corrected chi connectivity index (χ2v) is 33.2. The van der Waals surface area contributed by atoms with E-state index in [0.29, 0.717) is 110 Å². The van der Waals surface area contributed by atoms with Gasteiger partial charge in [-0.3, -0.25) is 53.1 Å². The molecular weight excluding hydrogens is 1880 g/mol. The van der Waals surface area contributed by atoms with Crippen LogP contribution in [-0.2, 0) is 102 Å². The summed E-state index contributed by atoms with van der Waals surface area (Å²) in [7, 11) is 0. The molecule has 818 valence electrons. The van der Waals surface area contributed by atoms with Gasteiger partial charge in [0.2, 0.25) is 35.4 Å². The monoisotopic (exact) mass is 2040 g/mol. The Hall–Kier alpha value is -7.21. The molecule has 53 nitrogen and oxygen atoms in total. The highest BCUT2D eigenvalue weighted by Crippen LogP contribution is 2.19. The summed E-state index contributed by atoms with van der Waals surface area (Å²) in [5.41, 5.74) is 6.19. The van der Waals surface area contributed by atoms with E-state index in [2.05, 4.69) is 31.9 Å². The quantitative estimate of drug-likeness (QED) is 0.0213. The number of anilines is 1. The zero-order valence-corrected chi connectivity index (χ0v) is 80.5. The molecule has 0 aromatic heterocycles. The summed E-state index contributed by atoms with van der Waals surface area (Å²) in [6, 6.07) is 1.91. The standard InChI is InChI=1S/C88H159N11O42/c1-58(2)76(87(128)94-61(7-6-18-91-88(89)129)85(126)92-60-11-9-59(53-100)10-12-60)95-86(127)62(93-72(114)8-4-3-5-20-99-74(116)15-16-75(99)117)13-14-71(113)90-19-26-131-28-30-133-32-34-135-36-38-137-40-42-139-44-46-141-48-47-140-45-43-138-41-39-136-37-35-134-33-31-132-29-27-130-25-17-73(115)98(23-21-96(49-63(105)77(118)81(122)67(109)54-101)50-64(106)78(119)82(123)68(110)55-102)24-22-97(51-65(107)79(120)83(124)69(111)56-103)52-66(108)80(121)84(125)70(112)57-104/h9-12,15-16,58,61-70,76-84,100-112,118-125H,3-8,13-14,17-57H2,1-2H3,(H,90,113)(H,92,126)(H,93,114)(H,94,128)(H,95,127)(H3,89,91,129)/t61-,62-,63-,64-,65-,66-,67+,68+,69+,70+,76-,77+,78+,79+,80+,81+,82+,83+,84+/m0/s1. The van der Waals surface area contributed by atoms with Gasteiger partial charge in [0.25, 0.3) is 11.8 Å². The second kappa shape index (κ2) is 79.1. The van der Waals surface area contributed by atoms with Crippen molar-refractivity contribution in [2.24, 2.45) is 11.7 Å². The summed E-state index contributed by atoms with van der Waals surface area (Å²) >= 11 is 0. The Kier molecular flexibility index (Phi) is 72.8. The number of primary amides is 1. The van der Waals surface area contributed by atoms with Gasteiger partial charge in [0.15, 0.2) is 0 Å². The van der Waals surface area contributed by atoms with E-state index in [4.69, 9.17) is 62.6 Å². The number of aliphatic hydroxyl groups excluding tert-OH is 21. The van der Waals surface area contributed by atoms with Crippen LogP contribution in [-0.4, -0.2) is 553 Å². The minimum atomic E-state index is -2.16. The molecule has 0 aliphatic carbocycles. The third-order valence-corrected chi connectivity index (χ3v) is 21.7. The van der Waals surface area contributed by atoms with Crippen LogP contribution >= 0.6 is 0 Å². The van der Waals surface area contributed by atoms with Crippen molar-refractivity contribution in [2.45, 2.75) is 194 Å². The number of carbonyl (C=O) groups is 9. The maximum Gasteiger partial charge on any atom is 0.312 e. The first-order chi connectivity index (χ1) is 67.5. The molecule has 0 bridgehead atoms. The summed E-state index contributed by atoms with van der Waals surface area (Å²) in [6.45, 7) is 0.504. The van der Waals surface area contributed by atoms with E-state index in [1.165, 1.54) is 12.2 Å². The highest BCUT2D eigenvalue weighted by atomic mass is 16.6. The summed E-state index contributed by atoms with van der Waals surface area (Å²) in [5, 5.41) is 230. The number of nitrogens with zero attached hydrogens (tertiary/aromatic N) is 4. The van der Waals surface area contributed by atoms with Gasteiger partial charge in [-0.25, -0.2) is 4.79 Å². The number of nitrogens with two attached hydrogens (primary N) is 1. The predicted molar refractivity (Wildman–Crippen MR) is 493 cm³/mol. The molecule has 2 rings (SSSR count). The topological polar surface area (TPSA) is 800 Å².